The summed E-state index contributed by atoms with van der Waals surface area (Å²) in [6, 6.07) is 11.7. The molecule has 1 N–H and O–H groups in total. The van der Waals surface area contributed by atoms with Crippen LogP contribution in [0.1, 0.15) is 32.9 Å². The van der Waals surface area contributed by atoms with E-state index in [9.17, 15) is 14.0 Å². The number of carbonyl (C=O) groups is 1. The molecule has 37 heavy (non-hydrogen) atoms. The quantitative estimate of drug-likeness (QED) is 0.459. The van der Waals surface area contributed by atoms with Gasteiger partial charge in [-0.1, -0.05) is 24.3 Å². The molecule has 9 nitrogen and oxygen atoms in total. The highest BCUT2D eigenvalue weighted by molar-refractivity contribution is 5.95. The summed E-state index contributed by atoms with van der Waals surface area (Å²) in [6.45, 7) is 3.59. The Morgan fingerprint density at radius 3 is 2.73 bits per heavy atom. The maximum atomic E-state index is 14.8. The van der Waals surface area contributed by atoms with Crippen LogP contribution in [0, 0.1) is 5.82 Å². The van der Waals surface area contributed by atoms with Gasteiger partial charge in [-0.15, -0.1) is 0 Å². The van der Waals surface area contributed by atoms with Crippen LogP contribution in [-0.4, -0.2) is 63.8 Å². The molecule has 2 aliphatic rings. The smallest absolute Gasteiger partial charge is 0.272 e. The summed E-state index contributed by atoms with van der Waals surface area (Å²) < 4.78 is 20.2. The Bertz CT molecular complexity index is 1550. The van der Waals surface area contributed by atoms with Gasteiger partial charge >= 0.3 is 0 Å². The van der Waals surface area contributed by atoms with Crippen LogP contribution >= 0.6 is 0 Å². The molecule has 6 rings (SSSR count). The number of nitrogens with zero attached hydrogens (tertiary/aromatic N) is 5. The van der Waals surface area contributed by atoms with Crippen LogP contribution in [0.15, 0.2) is 53.5 Å². The molecule has 10 heteroatoms. The molecular weight excluding hydrogens is 475 g/mol. The number of fused-ring (bicyclic) bond motifs is 2. The Kier molecular flexibility index (Phi) is 6.09. The number of H-pyrrole nitrogens is 1. The minimum Gasteiger partial charge on any atom is -0.378 e. The number of aromatic amines is 1. The van der Waals surface area contributed by atoms with E-state index in [4.69, 9.17) is 9.72 Å². The molecule has 0 saturated carbocycles. The van der Waals surface area contributed by atoms with Crippen LogP contribution in [0.25, 0.3) is 10.8 Å². The van der Waals surface area contributed by atoms with E-state index in [0.29, 0.717) is 56.2 Å². The van der Waals surface area contributed by atoms with E-state index in [1.54, 1.807) is 35.4 Å². The van der Waals surface area contributed by atoms with E-state index in [1.807, 2.05) is 12.1 Å². The van der Waals surface area contributed by atoms with Gasteiger partial charge in [0.2, 0.25) is 5.95 Å². The van der Waals surface area contributed by atoms with Gasteiger partial charge in [0.25, 0.3) is 11.5 Å². The first-order valence-corrected chi connectivity index (χ1v) is 12.3. The first kappa shape index (κ1) is 23.2. The highest BCUT2D eigenvalue weighted by atomic mass is 19.1. The van der Waals surface area contributed by atoms with E-state index < -0.39 is 5.82 Å². The monoisotopic (exact) mass is 500 g/mol. The molecule has 0 aliphatic carbocycles. The number of hydrogen-bond acceptors (Lipinski definition) is 7. The number of halogens is 1. The molecule has 4 heterocycles. The highest BCUT2D eigenvalue weighted by Crippen LogP contribution is 2.24. The average Bonchev–Trinajstić information content (AvgIpc) is 2.95. The molecule has 4 aromatic rings. The van der Waals surface area contributed by atoms with Crippen molar-refractivity contribution >= 4 is 22.6 Å². The van der Waals surface area contributed by atoms with E-state index in [-0.39, 0.29) is 17.0 Å². The van der Waals surface area contributed by atoms with Crippen molar-refractivity contribution in [1.29, 1.82) is 0 Å². The Labute approximate surface area is 211 Å². The van der Waals surface area contributed by atoms with Gasteiger partial charge in [0.15, 0.2) is 0 Å². The van der Waals surface area contributed by atoms with Gasteiger partial charge in [-0.25, -0.2) is 19.5 Å². The number of hydrogen-bond donors (Lipinski definition) is 1. The van der Waals surface area contributed by atoms with Crippen molar-refractivity contribution < 1.29 is 13.9 Å². The number of morpholine rings is 1. The third kappa shape index (κ3) is 4.55. The molecule has 0 unspecified atom stereocenters. The Balaban J connectivity index is 1.22. The van der Waals surface area contributed by atoms with Gasteiger partial charge < -0.3 is 14.5 Å². The maximum Gasteiger partial charge on any atom is 0.272 e. The maximum absolute atomic E-state index is 14.8. The molecule has 188 valence electrons. The summed E-state index contributed by atoms with van der Waals surface area (Å²) in [7, 11) is 0. The van der Waals surface area contributed by atoms with Crippen molar-refractivity contribution in [2.75, 3.05) is 37.7 Å². The summed E-state index contributed by atoms with van der Waals surface area (Å²) in [5, 5.41) is 7.99. The molecule has 2 aromatic heterocycles. The lowest BCUT2D eigenvalue weighted by atomic mass is 10.0. The topological polar surface area (TPSA) is 104 Å². The number of rotatable bonds is 4. The SMILES string of the molecule is O=C(c1cc(Cc2n[nH]c(=O)c3ccccc23)ccc1F)N1CCc2nc(N3CCOCC3)ncc2C1. The predicted molar refractivity (Wildman–Crippen MR) is 135 cm³/mol. The molecule has 1 saturated heterocycles. The molecule has 1 fully saturated rings. The fourth-order valence-corrected chi connectivity index (χ4v) is 4.91. The van der Waals surface area contributed by atoms with Crippen LogP contribution < -0.4 is 10.5 Å². The molecule has 0 atom stereocenters. The normalized spacial score (nSPS) is 15.6. The second kappa shape index (κ2) is 9.70. The van der Waals surface area contributed by atoms with Gasteiger partial charge in [-0.05, 0) is 23.8 Å². The van der Waals surface area contributed by atoms with Gasteiger partial charge in [0, 0.05) is 56.2 Å². The van der Waals surface area contributed by atoms with Crippen molar-refractivity contribution in [2.24, 2.45) is 0 Å². The molecule has 0 bridgehead atoms. The molecule has 2 aromatic carbocycles. The number of nitrogens with one attached hydrogen (secondary N) is 1. The largest absolute Gasteiger partial charge is 0.378 e. The molecule has 0 spiro atoms. The van der Waals surface area contributed by atoms with Crippen LogP contribution in [0.5, 0.6) is 0 Å². The standard InChI is InChI=1S/C27H25FN6O3/c28-22-6-5-17(14-24-19-3-1-2-4-20(19)25(35)32-31-24)13-21(22)26(36)34-8-7-23-18(16-34)15-29-27(30-23)33-9-11-37-12-10-33/h1-6,13,15H,7-12,14,16H2,(H,32,35). The van der Waals surface area contributed by atoms with Gasteiger partial charge in [0.05, 0.1) is 35.6 Å². The summed E-state index contributed by atoms with van der Waals surface area (Å²) in [4.78, 5) is 38.4. The molecule has 0 radical (unpaired) electrons. The van der Waals surface area contributed by atoms with Gasteiger partial charge in [-0.3, -0.25) is 9.59 Å². The first-order chi connectivity index (χ1) is 18.1. The molecule has 1 amide bonds. The zero-order valence-electron chi connectivity index (χ0n) is 20.1. The summed E-state index contributed by atoms with van der Waals surface area (Å²) >= 11 is 0. The summed E-state index contributed by atoms with van der Waals surface area (Å²) in [5.41, 5.74) is 2.93. The van der Waals surface area contributed by atoms with Crippen LogP contribution in [0.2, 0.25) is 0 Å². The number of carbonyl (C=O) groups excluding carboxylic acids is 1. The Hall–Kier alpha value is -4.18. The van der Waals surface area contributed by atoms with E-state index >= 15 is 0 Å². The number of aromatic nitrogens is 4. The highest BCUT2D eigenvalue weighted by Gasteiger charge is 2.26. The van der Waals surface area contributed by atoms with Crippen molar-refractivity contribution in [1.82, 2.24) is 25.1 Å². The van der Waals surface area contributed by atoms with E-state index in [1.165, 1.54) is 6.07 Å². The zero-order valence-corrected chi connectivity index (χ0v) is 20.1. The van der Waals surface area contributed by atoms with Crippen molar-refractivity contribution in [2.45, 2.75) is 19.4 Å². The minimum absolute atomic E-state index is 0.0144. The predicted octanol–water partition coefficient (Wildman–Crippen LogP) is 2.48. The van der Waals surface area contributed by atoms with E-state index in [2.05, 4.69) is 20.1 Å². The molecule has 2 aliphatic heterocycles. The third-order valence-electron chi connectivity index (χ3n) is 6.91. The first-order valence-electron chi connectivity index (χ1n) is 12.3. The number of amides is 1. The Morgan fingerprint density at radius 2 is 1.89 bits per heavy atom. The summed E-state index contributed by atoms with van der Waals surface area (Å²) in [6.07, 6.45) is 2.70. The second-order valence-electron chi connectivity index (χ2n) is 9.25. The van der Waals surface area contributed by atoms with E-state index in [0.717, 1.165) is 35.3 Å². The zero-order chi connectivity index (χ0) is 25.4. The third-order valence-corrected chi connectivity index (χ3v) is 6.91. The second-order valence-corrected chi connectivity index (χ2v) is 9.25. The Morgan fingerprint density at radius 1 is 1.08 bits per heavy atom. The lowest BCUT2D eigenvalue weighted by Gasteiger charge is -2.31. The lowest BCUT2D eigenvalue weighted by Crippen LogP contribution is -2.39. The minimum atomic E-state index is -0.572. The van der Waals surface area contributed by atoms with Crippen molar-refractivity contribution in [3.05, 3.63) is 92.9 Å². The number of anilines is 1. The summed E-state index contributed by atoms with van der Waals surface area (Å²) in [5.74, 6) is -0.261. The van der Waals surface area contributed by atoms with Gasteiger partial charge in [0.1, 0.15) is 5.82 Å². The lowest BCUT2D eigenvalue weighted by molar-refractivity contribution is 0.0728. The number of benzene rings is 2. The number of ether oxygens (including phenoxy) is 1. The average molecular weight is 501 g/mol. The molecular formula is C27H25FN6O3. The van der Waals surface area contributed by atoms with Gasteiger partial charge in [-0.2, -0.15) is 5.10 Å². The fraction of sp³-hybridized carbons (Fsp3) is 0.296. The van der Waals surface area contributed by atoms with Crippen LogP contribution in [-0.2, 0) is 24.1 Å². The van der Waals surface area contributed by atoms with Crippen molar-refractivity contribution in [3.8, 4) is 0 Å². The van der Waals surface area contributed by atoms with Crippen LogP contribution in [0.3, 0.4) is 0 Å². The van der Waals surface area contributed by atoms with Crippen molar-refractivity contribution in [3.63, 3.8) is 0 Å². The van der Waals surface area contributed by atoms with Crippen LogP contribution in [0.4, 0.5) is 10.3 Å². The fourth-order valence-electron chi connectivity index (χ4n) is 4.91.